The minimum absolute atomic E-state index is 0.0942. The smallest absolute Gasteiger partial charge is 0.264 e. The molecule has 0 radical (unpaired) electrons. The molecular weight excluding hydrogens is 336 g/mol. The Morgan fingerprint density at radius 1 is 1.16 bits per heavy atom. The minimum atomic E-state index is 0.0942. The molecule has 3 heterocycles. The molecule has 1 saturated heterocycles. The first kappa shape index (κ1) is 17.7. The summed E-state index contributed by atoms with van der Waals surface area (Å²) in [6.07, 6.45) is 3.76. The molecule has 0 aliphatic carbocycles. The summed E-state index contributed by atoms with van der Waals surface area (Å²) < 4.78 is 1.81. The van der Waals surface area contributed by atoms with Crippen LogP contribution < -0.4 is 0 Å². The molecular formula is C18H24N4O2S. The standard InChI is InChI=1S/C18H24N4O2S/c1-14-7-13-25-17(14)18(24)22-10-3-9-21(11-12-22)16(23)5-4-15-6-8-19-20(15)2/h6-8,13H,3-5,9-12H2,1-2H3. The van der Waals surface area contributed by atoms with Crippen LogP contribution in [0.25, 0.3) is 0 Å². The normalized spacial score (nSPS) is 15.3. The summed E-state index contributed by atoms with van der Waals surface area (Å²) in [6, 6.07) is 3.92. The first-order valence-electron chi connectivity index (χ1n) is 8.64. The van der Waals surface area contributed by atoms with Gasteiger partial charge in [0.05, 0.1) is 4.88 Å². The summed E-state index contributed by atoms with van der Waals surface area (Å²) in [5.41, 5.74) is 2.09. The number of carbonyl (C=O) groups excluding carboxylic acids is 2. The van der Waals surface area contributed by atoms with Crippen LogP contribution in [0.1, 0.15) is 33.8 Å². The molecule has 1 fully saturated rings. The molecule has 6 nitrogen and oxygen atoms in total. The van der Waals surface area contributed by atoms with Crippen molar-refractivity contribution in [2.45, 2.75) is 26.2 Å². The van der Waals surface area contributed by atoms with Gasteiger partial charge in [-0.3, -0.25) is 14.3 Å². The number of amides is 2. The molecule has 7 heteroatoms. The summed E-state index contributed by atoms with van der Waals surface area (Å²) >= 11 is 1.49. The van der Waals surface area contributed by atoms with Crippen LogP contribution >= 0.6 is 11.3 Å². The Kier molecular flexibility index (Phi) is 5.53. The number of aromatic nitrogens is 2. The van der Waals surface area contributed by atoms with Gasteiger partial charge in [-0.05, 0) is 42.8 Å². The highest BCUT2D eigenvalue weighted by Gasteiger charge is 2.24. The molecule has 1 aliphatic rings. The van der Waals surface area contributed by atoms with E-state index in [-0.39, 0.29) is 11.8 Å². The average Bonchev–Trinajstić information content (AvgIpc) is 3.12. The number of nitrogens with zero attached hydrogens (tertiary/aromatic N) is 4. The maximum atomic E-state index is 12.7. The maximum absolute atomic E-state index is 12.7. The van der Waals surface area contributed by atoms with Crippen molar-refractivity contribution in [3.8, 4) is 0 Å². The third-order valence-corrected chi connectivity index (χ3v) is 5.71. The molecule has 134 valence electrons. The zero-order valence-electron chi connectivity index (χ0n) is 14.8. The number of thiophene rings is 1. The number of hydrogen-bond donors (Lipinski definition) is 0. The van der Waals surface area contributed by atoms with E-state index in [1.807, 2.05) is 41.3 Å². The van der Waals surface area contributed by atoms with E-state index in [1.54, 1.807) is 10.9 Å². The van der Waals surface area contributed by atoms with Crippen LogP contribution in [0.3, 0.4) is 0 Å². The highest BCUT2D eigenvalue weighted by atomic mass is 32.1. The van der Waals surface area contributed by atoms with Gasteiger partial charge in [-0.15, -0.1) is 11.3 Å². The van der Waals surface area contributed by atoms with Gasteiger partial charge in [-0.1, -0.05) is 0 Å². The van der Waals surface area contributed by atoms with E-state index in [1.165, 1.54) is 11.3 Å². The quantitative estimate of drug-likeness (QED) is 0.839. The number of aryl methyl sites for hydroxylation is 3. The lowest BCUT2D eigenvalue weighted by atomic mass is 10.2. The Hall–Kier alpha value is -2.15. The van der Waals surface area contributed by atoms with E-state index in [2.05, 4.69) is 5.10 Å². The largest absolute Gasteiger partial charge is 0.341 e. The van der Waals surface area contributed by atoms with Crippen LogP contribution in [0.15, 0.2) is 23.7 Å². The van der Waals surface area contributed by atoms with Gasteiger partial charge in [0.15, 0.2) is 0 Å². The summed E-state index contributed by atoms with van der Waals surface area (Å²) in [4.78, 5) is 29.8. The zero-order chi connectivity index (χ0) is 17.8. The van der Waals surface area contributed by atoms with Gasteiger partial charge in [0.2, 0.25) is 5.91 Å². The van der Waals surface area contributed by atoms with Crippen molar-refractivity contribution in [3.63, 3.8) is 0 Å². The minimum Gasteiger partial charge on any atom is -0.341 e. The second-order valence-corrected chi connectivity index (χ2v) is 7.32. The third kappa shape index (κ3) is 4.10. The van der Waals surface area contributed by atoms with Crippen molar-refractivity contribution in [1.29, 1.82) is 0 Å². The van der Waals surface area contributed by atoms with Gasteiger partial charge >= 0.3 is 0 Å². The predicted octanol–water partition coefficient (Wildman–Crippen LogP) is 2.10. The molecule has 0 unspecified atom stereocenters. The van der Waals surface area contributed by atoms with Crippen LogP contribution in [-0.2, 0) is 18.3 Å². The van der Waals surface area contributed by atoms with E-state index in [9.17, 15) is 9.59 Å². The second-order valence-electron chi connectivity index (χ2n) is 6.41. The van der Waals surface area contributed by atoms with E-state index in [0.717, 1.165) is 29.1 Å². The van der Waals surface area contributed by atoms with Gasteiger partial charge in [0.1, 0.15) is 0 Å². The highest BCUT2D eigenvalue weighted by Crippen LogP contribution is 2.19. The summed E-state index contributed by atoms with van der Waals surface area (Å²) in [5, 5.41) is 6.08. The Balaban J connectivity index is 1.54. The Morgan fingerprint density at radius 2 is 1.92 bits per heavy atom. The summed E-state index contributed by atoms with van der Waals surface area (Å²) in [6.45, 7) is 4.61. The molecule has 3 rings (SSSR count). The van der Waals surface area contributed by atoms with Crippen LogP contribution in [0.5, 0.6) is 0 Å². The van der Waals surface area contributed by atoms with Crippen molar-refractivity contribution < 1.29 is 9.59 Å². The van der Waals surface area contributed by atoms with E-state index < -0.39 is 0 Å². The second kappa shape index (κ2) is 7.82. The summed E-state index contributed by atoms with van der Waals surface area (Å²) in [7, 11) is 1.89. The predicted molar refractivity (Wildman–Crippen MR) is 97.7 cm³/mol. The fourth-order valence-corrected chi connectivity index (χ4v) is 4.04. The van der Waals surface area contributed by atoms with E-state index in [4.69, 9.17) is 0 Å². The van der Waals surface area contributed by atoms with E-state index in [0.29, 0.717) is 32.5 Å². The topological polar surface area (TPSA) is 58.4 Å². The van der Waals surface area contributed by atoms with Crippen LogP contribution in [-0.4, -0.2) is 57.6 Å². The lowest BCUT2D eigenvalue weighted by Crippen LogP contribution is -2.37. The first-order valence-corrected chi connectivity index (χ1v) is 9.52. The SMILES string of the molecule is Cc1ccsc1C(=O)N1CCCN(C(=O)CCc2ccnn2C)CC1. The molecule has 2 aromatic heterocycles. The number of rotatable bonds is 4. The lowest BCUT2D eigenvalue weighted by molar-refractivity contribution is -0.131. The number of hydrogen-bond acceptors (Lipinski definition) is 4. The maximum Gasteiger partial charge on any atom is 0.264 e. The van der Waals surface area contributed by atoms with Gasteiger partial charge in [0.25, 0.3) is 5.91 Å². The van der Waals surface area contributed by atoms with E-state index >= 15 is 0 Å². The molecule has 2 aromatic rings. The first-order chi connectivity index (χ1) is 12.1. The van der Waals surface area contributed by atoms with Crippen molar-refractivity contribution in [2.75, 3.05) is 26.2 Å². The molecule has 2 amide bonds. The Labute approximate surface area is 152 Å². The molecule has 0 saturated carbocycles. The van der Waals surface area contributed by atoms with Crippen molar-refractivity contribution >= 4 is 23.2 Å². The van der Waals surface area contributed by atoms with Crippen LogP contribution in [0.4, 0.5) is 0 Å². The monoisotopic (exact) mass is 360 g/mol. The molecule has 0 spiro atoms. The van der Waals surface area contributed by atoms with Crippen LogP contribution in [0, 0.1) is 6.92 Å². The number of carbonyl (C=O) groups is 2. The fraction of sp³-hybridized carbons (Fsp3) is 0.500. The highest BCUT2D eigenvalue weighted by molar-refractivity contribution is 7.12. The average molecular weight is 360 g/mol. The van der Waals surface area contributed by atoms with Crippen molar-refractivity contribution in [1.82, 2.24) is 19.6 Å². The van der Waals surface area contributed by atoms with Gasteiger partial charge in [0, 0.05) is 51.5 Å². The molecule has 1 aliphatic heterocycles. The van der Waals surface area contributed by atoms with Gasteiger partial charge in [-0.25, -0.2) is 0 Å². The zero-order valence-corrected chi connectivity index (χ0v) is 15.6. The van der Waals surface area contributed by atoms with Crippen molar-refractivity contribution in [2.24, 2.45) is 7.05 Å². The molecule has 0 bridgehead atoms. The van der Waals surface area contributed by atoms with Crippen molar-refractivity contribution in [3.05, 3.63) is 39.8 Å². The molecule has 0 N–H and O–H groups in total. The van der Waals surface area contributed by atoms with Gasteiger partial charge < -0.3 is 9.80 Å². The summed E-state index contributed by atoms with van der Waals surface area (Å²) in [5.74, 6) is 0.250. The third-order valence-electron chi connectivity index (χ3n) is 4.71. The molecule has 25 heavy (non-hydrogen) atoms. The van der Waals surface area contributed by atoms with Gasteiger partial charge in [-0.2, -0.15) is 5.10 Å². The van der Waals surface area contributed by atoms with Crippen LogP contribution in [0.2, 0.25) is 0 Å². The Morgan fingerprint density at radius 3 is 2.60 bits per heavy atom. The fourth-order valence-electron chi connectivity index (χ4n) is 3.15. The Bertz CT molecular complexity index is 752. The molecule has 0 atom stereocenters. The molecule has 0 aromatic carbocycles. The lowest BCUT2D eigenvalue weighted by Gasteiger charge is -2.22.